The van der Waals surface area contributed by atoms with Gasteiger partial charge in [-0.3, -0.25) is 0 Å². The van der Waals surface area contributed by atoms with Crippen LogP contribution in [-0.4, -0.2) is 11.6 Å². The van der Waals surface area contributed by atoms with Crippen LogP contribution in [0.4, 0.5) is 0 Å². The van der Waals surface area contributed by atoms with Crippen molar-refractivity contribution in [2.75, 3.05) is 6.54 Å². The zero-order valence-electron chi connectivity index (χ0n) is 11.0. The molecule has 0 saturated carbocycles. The molecular formula is C13H29N3. The van der Waals surface area contributed by atoms with E-state index in [9.17, 15) is 0 Å². The smallest absolute Gasteiger partial charge is 0.0342 e. The van der Waals surface area contributed by atoms with Crippen molar-refractivity contribution in [2.45, 2.75) is 65.2 Å². The number of hydrazine groups is 1. The van der Waals surface area contributed by atoms with E-state index in [-0.39, 0.29) is 0 Å². The molecule has 16 heavy (non-hydrogen) atoms. The highest BCUT2D eigenvalue weighted by Gasteiger charge is 1.96. The molecule has 3 nitrogen and oxygen atoms in total. The lowest BCUT2D eigenvalue weighted by molar-refractivity contribution is 0.375. The Labute approximate surface area is 101 Å². The van der Waals surface area contributed by atoms with E-state index in [4.69, 9.17) is 11.6 Å². The van der Waals surface area contributed by atoms with Gasteiger partial charge in [-0.15, -0.1) is 0 Å². The normalized spacial score (nSPS) is 11.8. The fourth-order valence-electron chi connectivity index (χ4n) is 1.64. The van der Waals surface area contributed by atoms with E-state index in [2.05, 4.69) is 13.8 Å². The van der Waals surface area contributed by atoms with Crippen molar-refractivity contribution in [1.82, 2.24) is 5.01 Å². The number of allylic oxidation sites excluding steroid dienone is 1. The first-order valence-corrected chi connectivity index (χ1v) is 6.68. The summed E-state index contributed by atoms with van der Waals surface area (Å²) in [7, 11) is 0. The van der Waals surface area contributed by atoms with Crippen LogP contribution in [0.25, 0.3) is 0 Å². The Kier molecular flexibility index (Phi) is 10.3. The Morgan fingerprint density at radius 1 is 1.00 bits per heavy atom. The Balaban J connectivity index is 3.57. The highest BCUT2D eigenvalue weighted by atomic mass is 15.4. The largest absolute Gasteiger partial charge is 0.401 e. The standard InChI is InChI=1S/C13H29N3/c1-3-5-7-8-10-13(14)12-16(15)11-9-6-4-2/h12H,3-11,14-15H2,1-2H3/b13-12-. The summed E-state index contributed by atoms with van der Waals surface area (Å²) in [5, 5.41) is 1.73. The molecule has 3 heteroatoms. The quantitative estimate of drug-likeness (QED) is 0.342. The van der Waals surface area contributed by atoms with Crippen LogP contribution >= 0.6 is 0 Å². The summed E-state index contributed by atoms with van der Waals surface area (Å²) >= 11 is 0. The van der Waals surface area contributed by atoms with Gasteiger partial charge in [0.25, 0.3) is 0 Å². The van der Waals surface area contributed by atoms with E-state index in [0.29, 0.717) is 0 Å². The zero-order valence-corrected chi connectivity index (χ0v) is 11.0. The fraction of sp³-hybridized carbons (Fsp3) is 0.846. The van der Waals surface area contributed by atoms with Crippen molar-refractivity contribution < 1.29 is 0 Å². The maximum absolute atomic E-state index is 5.90. The molecule has 0 unspecified atom stereocenters. The van der Waals surface area contributed by atoms with E-state index < -0.39 is 0 Å². The molecule has 0 spiro atoms. The third kappa shape index (κ3) is 9.84. The summed E-state index contributed by atoms with van der Waals surface area (Å²) in [4.78, 5) is 0. The minimum absolute atomic E-state index is 0.906. The zero-order chi connectivity index (χ0) is 12.2. The second-order valence-electron chi connectivity index (χ2n) is 4.46. The molecule has 0 aliphatic rings. The molecule has 0 aromatic carbocycles. The van der Waals surface area contributed by atoms with Gasteiger partial charge < -0.3 is 10.7 Å². The van der Waals surface area contributed by atoms with Crippen LogP contribution in [0.2, 0.25) is 0 Å². The van der Waals surface area contributed by atoms with Crippen LogP contribution in [0.15, 0.2) is 11.9 Å². The third-order valence-corrected chi connectivity index (χ3v) is 2.67. The number of nitrogens with zero attached hydrogens (tertiary/aromatic N) is 1. The molecule has 0 rings (SSSR count). The maximum Gasteiger partial charge on any atom is 0.0342 e. The van der Waals surface area contributed by atoms with Crippen molar-refractivity contribution in [3.63, 3.8) is 0 Å². The average Bonchev–Trinajstić information content (AvgIpc) is 2.25. The molecule has 0 aliphatic carbocycles. The Morgan fingerprint density at radius 3 is 2.25 bits per heavy atom. The van der Waals surface area contributed by atoms with E-state index in [1.54, 1.807) is 5.01 Å². The lowest BCUT2D eigenvalue weighted by Crippen LogP contribution is -2.27. The first kappa shape index (κ1) is 15.3. The maximum atomic E-state index is 5.90. The highest BCUT2D eigenvalue weighted by Crippen LogP contribution is 2.06. The van der Waals surface area contributed by atoms with E-state index in [1.807, 2.05) is 6.20 Å². The van der Waals surface area contributed by atoms with Crippen LogP contribution in [0.3, 0.4) is 0 Å². The monoisotopic (exact) mass is 227 g/mol. The van der Waals surface area contributed by atoms with Crippen LogP contribution < -0.4 is 11.6 Å². The van der Waals surface area contributed by atoms with Gasteiger partial charge in [-0.05, 0) is 19.3 Å². The van der Waals surface area contributed by atoms with Gasteiger partial charge >= 0.3 is 0 Å². The van der Waals surface area contributed by atoms with E-state index >= 15 is 0 Å². The molecule has 96 valence electrons. The van der Waals surface area contributed by atoms with Crippen molar-refractivity contribution in [3.05, 3.63) is 11.9 Å². The summed E-state index contributed by atoms with van der Waals surface area (Å²) in [6.07, 6.45) is 11.5. The molecule has 0 radical (unpaired) electrons. The molecular weight excluding hydrogens is 198 g/mol. The molecule has 0 amide bonds. The number of rotatable bonds is 10. The first-order chi connectivity index (χ1) is 7.70. The number of nitrogens with two attached hydrogens (primary N) is 2. The summed E-state index contributed by atoms with van der Waals surface area (Å²) in [5.41, 5.74) is 6.81. The van der Waals surface area contributed by atoms with Gasteiger partial charge in [0.2, 0.25) is 0 Å². The minimum atomic E-state index is 0.906. The lowest BCUT2D eigenvalue weighted by Gasteiger charge is -2.14. The van der Waals surface area contributed by atoms with Gasteiger partial charge in [0.1, 0.15) is 0 Å². The van der Waals surface area contributed by atoms with Crippen molar-refractivity contribution in [3.8, 4) is 0 Å². The Hall–Kier alpha value is -0.700. The van der Waals surface area contributed by atoms with Gasteiger partial charge in [-0.25, -0.2) is 5.84 Å². The van der Waals surface area contributed by atoms with Gasteiger partial charge in [0, 0.05) is 18.4 Å². The van der Waals surface area contributed by atoms with Gasteiger partial charge in [0.05, 0.1) is 0 Å². The predicted octanol–water partition coefficient (Wildman–Crippen LogP) is 3.12. The van der Waals surface area contributed by atoms with E-state index in [1.165, 1.54) is 38.5 Å². The van der Waals surface area contributed by atoms with Crippen LogP contribution in [0.5, 0.6) is 0 Å². The predicted molar refractivity (Wildman–Crippen MR) is 71.4 cm³/mol. The molecule has 0 heterocycles. The summed E-state index contributed by atoms with van der Waals surface area (Å²) < 4.78 is 0. The van der Waals surface area contributed by atoms with Crippen LogP contribution in [-0.2, 0) is 0 Å². The second kappa shape index (κ2) is 10.8. The molecule has 4 N–H and O–H groups in total. The molecule has 0 aromatic rings. The number of unbranched alkanes of at least 4 members (excludes halogenated alkanes) is 5. The second-order valence-corrected chi connectivity index (χ2v) is 4.46. The first-order valence-electron chi connectivity index (χ1n) is 6.68. The Bertz CT molecular complexity index is 178. The van der Waals surface area contributed by atoms with Crippen LogP contribution in [0.1, 0.15) is 65.2 Å². The summed E-state index contributed by atoms with van der Waals surface area (Å²) in [5.74, 6) is 5.82. The highest BCUT2D eigenvalue weighted by molar-refractivity contribution is 4.94. The minimum Gasteiger partial charge on any atom is -0.401 e. The fourth-order valence-corrected chi connectivity index (χ4v) is 1.64. The van der Waals surface area contributed by atoms with Crippen molar-refractivity contribution >= 4 is 0 Å². The molecule has 0 bridgehead atoms. The van der Waals surface area contributed by atoms with Gasteiger partial charge in [0.15, 0.2) is 0 Å². The Morgan fingerprint density at radius 2 is 1.62 bits per heavy atom. The summed E-state index contributed by atoms with van der Waals surface area (Å²) in [6, 6.07) is 0. The van der Waals surface area contributed by atoms with E-state index in [0.717, 1.165) is 25.1 Å². The van der Waals surface area contributed by atoms with Crippen LogP contribution in [0, 0.1) is 0 Å². The summed E-state index contributed by atoms with van der Waals surface area (Å²) in [6.45, 7) is 5.32. The topological polar surface area (TPSA) is 55.3 Å². The SMILES string of the molecule is CCCCCC/C(N)=C/N(N)CCCCC. The van der Waals surface area contributed by atoms with Crippen molar-refractivity contribution in [1.29, 1.82) is 0 Å². The van der Waals surface area contributed by atoms with Gasteiger partial charge in [-0.2, -0.15) is 0 Å². The average molecular weight is 227 g/mol. The molecule has 0 atom stereocenters. The van der Waals surface area contributed by atoms with Gasteiger partial charge in [-0.1, -0.05) is 46.0 Å². The third-order valence-electron chi connectivity index (χ3n) is 2.67. The number of hydrogen-bond acceptors (Lipinski definition) is 3. The molecule has 0 fully saturated rings. The lowest BCUT2D eigenvalue weighted by atomic mass is 10.1. The van der Waals surface area contributed by atoms with Crippen molar-refractivity contribution in [2.24, 2.45) is 11.6 Å². The number of hydrogen-bond donors (Lipinski definition) is 2. The molecule has 0 saturated heterocycles. The molecule has 0 aromatic heterocycles. The molecule has 0 aliphatic heterocycles.